The third-order valence-electron chi connectivity index (χ3n) is 3.94. The summed E-state index contributed by atoms with van der Waals surface area (Å²) < 4.78 is 8.22. The van der Waals surface area contributed by atoms with Gasteiger partial charge in [0.25, 0.3) is 0 Å². The molecule has 1 atom stereocenters. The van der Waals surface area contributed by atoms with E-state index < -0.39 is 0 Å². The summed E-state index contributed by atoms with van der Waals surface area (Å²) in [6, 6.07) is 11.8. The van der Waals surface area contributed by atoms with Crippen molar-refractivity contribution in [3.63, 3.8) is 0 Å². The number of carbonyl (C=O) groups excluding carboxylic acids is 1. The van der Waals surface area contributed by atoms with Gasteiger partial charge in [0.15, 0.2) is 0 Å². The van der Waals surface area contributed by atoms with E-state index in [0.717, 1.165) is 21.5 Å². The van der Waals surface area contributed by atoms with Gasteiger partial charge in [-0.3, -0.25) is 4.79 Å². The van der Waals surface area contributed by atoms with Crippen molar-refractivity contribution >= 4 is 33.6 Å². The SMILES string of the molecule is O=C1CS[C@H](c2cn(Cc3ccc(Br)cc3)nn2)N1Cc1ccco1. The summed E-state index contributed by atoms with van der Waals surface area (Å²) in [5, 5.41) is 8.37. The molecule has 4 rings (SSSR count). The minimum absolute atomic E-state index is 0.0915. The molecule has 3 heterocycles. The van der Waals surface area contributed by atoms with Gasteiger partial charge < -0.3 is 9.32 Å². The van der Waals surface area contributed by atoms with E-state index in [1.807, 2.05) is 42.6 Å². The number of benzene rings is 1. The number of furan rings is 1. The molecule has 8 heteroatoms. The lowest BCUT2D eigenvalue weighted by Crippen LogP contribution is -2.27. The fraction of sp³-hybridized carbons (Fsp3) is 0.235. The first-order valence-corrected chi connectivity index (χ1v) is 9.61. The maximum atomic E-state index is 12.2. The van der Waals surface area contributed by atoms with Crippen LogP contribution in [0.5, 0.6) is 0 Å². The number of halogens is 1. The van der Waals surface area contributed by atoms with Crippen LogP contribution >= 0.6 is 27.7 Å². The van der Waals surface area contributed by atoms with Crippen molar-refractivity contribution in [2.24, 2.45) is 0 Å². The van der Waals surface area contributed by atoms with Crippen molar-refractivity contribution in [1.82, 2.24) is 19.9 Å². The molecule has 6 nitrogen and oxygen atoms in total. The van der Waals surface area contributed by atoms with Gasteiger partial charge in [-0.05, 0) is 29.8 Å². The van der Waals surface area contributed by atoms with E-state index in [0.29, 0.717) is 18.8 Å². The molecule has 2 aromatic heterocycles. The van der Waals surface area contributed by atoms with Gasteiger partial charge >= 0.3 is 0 Å². The van der Waals surface area contributed by atoms with Crippen molar-refractivity contribution < 1.29 is 9.21 Å². The minimum Gasteiger partial charge on any atom is -0.467 e. The zero-order valence-electron chi connectivity index (χ0n) is 13.2. The smallest absolute Gasteiger partial charge is 0.234 e. The summed E-state index contributed by atoms with van der Waals surface area (Å²) >= 11 is 5.00. The molecule has 0 aliphatic carbocycles. The molecule has 1 aliphatic heterocycles. The quantitative estimate of drug-likeness (QED) is 0.634. The summed E-state index contributed by atoms with van der Waals surface area (Å²) in [7, 11) is 0. The second-order valence-corrected chi connectivity index (χ2v) is 7.72. The molecule has 128 valence electrons. The van der Waals surface area contributed by atoms with Crippen molar-refractivity contribution in [2.45, 2.75) is 18.5 Å². The highest BCUT2D eigenvalue weighted by Crippen LogP contribution is 2.38. The van der Waals surface area contributed by atoms with Gasteiger partial charge in [0.1, 0.15) is 16.8 Å². The van der Waals surface area contributed by atoms with Crippen molar-refractivity contribution in [1.29, 1.82) is 0 Å². The van der Waals surface area contributed by atoms with E-state index in [1.165, 1.54) is 0 Å². The summed E-state index contributed by atoms with van der Waals surface area (Å²) in [4.78, 5) is 14.0. The first kappa shape index (κ1) is 16.4. The predicted octanol–water partition coefficient (Wildman–Crippen LogP) is 3.46. The van der Waals surface area contributed by atoms with Gasteiger partial charge in [-0.1, -0.05) is 33.3 Å². The topological polar surface area (TPSA) is 64.2 Å². The van der Waals surface area contributed by atoms with Crippen molar-refractivity contribution in [3.05, 3.63) is 70.3 Å². The van der Waals surface area contributed by atoms with Crippen LogP contribution in [0.2, 0.25) is 0 Å². The van der Waals surface area contributed by atoms with Crippen LogP contribution in [0, 0.1) is 0 Å². The zero-order chi connectivity index (χ0) is 17.2. The highest BCUT2D eigenvalue weighted by molar-refractivity contribution is 9.10. The lowest BCUT2D eigenvalue weighted by molar-refractivity contribution is -0.128. The fourth-order valence-electron chi connectivity index (χ4n) is 2.72. The van der Waals surface area contributed by atoms with E-state index in [4.69, 9.17) is 4.42 Å². The van der Waals surface area contributed by atoms with E-state index in [2.05, 4.69) is 26.2 Å². The fourth-order valence-corrected chi connectivity index (χ4v) is 4.10. The maximum absolute atomic E-state index is 12.2. The number of carbonyl (C=O) groups is 1. The van der Waals surface area contributed by atoms with E-state index >= 15 is 0 Å². The van der Waals surface area contributed by atoms with Gasteiger partial charge in [-0.25, -0.2) is 4.68 Å². The maximum Gasteiger partial charge on any atom is 0.234 e. The number of amides is 1. The molecule has 0 bridgehead atoms. The van der Waals surface area contributed by atoms with Gasteiger partial charge in [0, 0.05) is 4.47 Å². The number of rotatable bonds is 5. The molecule has 0 radical (unpaired) electrons. The zero-order valence-corrected chi connectivity index (χ0v) is 15.6. The van der Waals surface area contributed by atoms with E-state index in [-0.39, 0.29) is 11.3 Å². The first-order valence-electron chi connectivity index (χ1n) is 7.77. The van der Waals surface area contributed by atoms with Gasteiger partial charge in [0.2, 0.25) is 5.91 Å². The Morgan fingerprint density at radius 1 is 1.24 bits per heavy atom. The molecule has 1 fully saturated rings. The standard InChI is InChI=1S/C17H15BrN4O2S/c18-13-5-3-12(4-6-13)8-21-10-15(19-20-21)17-22(16(23)11-25-17)9-14-2-1-7-24-14/h1-7,10,17H,8-9,11H2/t17-/m1/s1. The lowest BCUT2D eigenvalue weighted by atomic mass is 10.2. The lowest BCUT2D eigenvalue weighted by Gasteiger charge is -2.20. The molecule has 1 saturated heterocycles. The summed E-state index contributed by atoms with van der Waals surface area (Å²) in [5.74, 6) is 1.31. The van der Waals surface area contributed by atoms with Crippen LogP contribution in [0.1, 0.15) is 22.4 Å². The molecule has 0 unspecified atom stereocenters. The van der Waals surface area contributed by atoms with Crippen molar-refractivity contribution in [2.75, 3.05) is 5.75 Å². The highest BCUT2D eigenvalue weighted by atomic mass is 79.9. The number of hydrogen-bond acceptors (Lipinski definition) is 5. The van der Waals surface area contributed by atoms with Crippen LogP contribution in [0.15, 0.2) is 57.7 Å². The third kappa shape index (κ3) is 3.64. The Morgan fingerprint density at radius 2 is 2.08 bits per heavy atom. The Morgan fingerprint density at radius 3 is 2.84 bits per heavy atom. The summed E-state index contributed by atoms with van der Waals surface area (Å²) in [6.45, 7) is 1.09. The van der Waals surface area contributed by atoms with Crippen LogP contribution in [0.4, 0.5) is 0 Å². The van der Waals surface area contributed by atoms with E-state index in [1.54, 1.807) is 27.6 Å². The number of aromatic nitrogens is 3. The van der Waals surface area contributed by atoms with Crippen LogP contribution in [0.25, 0.3) is 0 Å². The number of nitrogens with zero attached hydrogens (tertiary/aromatic N) is 4. The minimum atomic E-state index is -0.128. The van der Waals surface area contributed by atoms with Crippen LogP contribution in [0.3, 0.4) is 0 Å². The Balaban J connectivity index is 1.50. The van der Waals surface area contributed by atoms with Crippen LogP contribution in [-0.2, 0) is 17.9 Å². The van der Waals surface area contributed by atoms with Gasteiger partial charge in [0.05, 0.1) is 31.3 Å². The molecule has 0 N–H and O–H groups in total. The number of thioether (sulfide) groups is 1. The molecule has 0 saturated carbocycles. The molecular formula is C17H15BrN4O2S. The first-order chi connectivity index (χ1) is 12.2. The van der Waals surface area contributed by atoms with Gasteiger partial charge in [-0.2, -0.15) is 0 Å². The van der Waals surface area contributed by atoms with Gasteiger partial charge in [-0.15, -0.1) is 16.9 Å². The molecule has 3 aromatic rings. The Bertz CT molecular complexity index is 863. The number of hydrogen-bond donors (Lipinski definition) is 0. The Kier molecular flexibility index (Phi) is 4.63. The molecule has 25 heavy (non-hydrogen) atoms. The normalized spacial score (nSPS) is 17.4. The van der Waals surface area contributed by atoms with E-state index in [9.17, 15) is 4.79 Å². The molecular weight excluding hydrogens is 404 g/mol. The Hall–Kier alpha value is -2.06. The molecule has 1 aromatic carbocycles. The second-order valence-electron chi connectivity index (χ2n) is 5.73. The van der Waals surface area contributed by atoms with Crippen LogP contribution in [-0.4, -0.2) is 31.6 Å². The second kappa shape index (κ2) is 7.05. The summed E-state index contributed by atoms with van der Waals surface area (Å²) in [6.07, 6.45) is 3.53. The molecule has 1 amide bonds. The third-order valence-corrected chi connectivity index (χ3v) is 5.70. The average molecular weight is 419 g/mol. The molecule has 0 spiro atoms. The monoisotopic (exact) mass is 418 g/mol. The average Bonchev–Trinajstić information content (AvgIpc) is 3.34. The molecule has 1 aliphatic rings. The Labute approximate surface area is 157 Å². The summed E-state index contributed by atoms with van der Waals surface area (Å²) in [5.41, 5.74) is 1.93. The largest absolute Gasteiger partial charge is 0.467 e. The van der Waals surface area contributed by atoms with Crippen LogP contribution < -0.4 is 0 Å². The highest BCUT2D eigenvalue weighted by Gasteiger charge is 2.35. The predicted molar refractivity (Wildman–Crippen MR) is 97.7 cm³/mol. The van der Waals surface area contributed by atoms with Crippen molar-refractivity contribution in [3.8, 4) is 0 Å².